The first-order chi connectivity index (χ1) is 8.87. The SMILES string of the molecule is CCCCC(O)c1cc(C)cc2c1NC(=O)C2(C)C. The van der Waals surface area contributed by atoms with Crippen LogP contribution < -0.4 is 5.32 Å². The van der Waals surface area contributed by atoms with Crippen LogP contribution in [0.5, 0.6) is 0 Å². The summed E-state index contributed by atoms with van der Waals surface area (Å²) in [6.45, 7) is 7.97. The maximum Gasteiger partial charge on any atom is 0.234 e. The minimum Gasteiger partial charge on any atom is -0.388 e. The topological polar surface area (TPSA) is 49.3 Å². The molecule has 1 aliphatic heterocycles. The molecule has 0 spiro atoms. The molecular formula is C16H23NO2. The summed E-state index contributed by atoms with van der Waals surface area (Å²) in [7, 11) is 0. The molecule has 19 heavy (non-hydrogen) atoms. The number of hydrogen-bond acceptors (Lipinski definition) is 2. The van der Waals surface area contributed by atoms with Gasteiger partial charge < -0.3 is 10.4 Å². The minimum atomic E-state index is -0.513. The zero-order chi connectivity index (χ0) is 14.2. The molecule has 2 rings (SSSR count). The highest BCUT2D eigenvalue weighted by atomic mass is 16.3. The van der Waals surface area contributed by atoms with Crippen molar-refractivity contribution in [2.45, 2.75) is 58.5 Å². The van der Waals surface area contributed by atoms with Crippen LogP contribution in [0.15, 0.2) is 12.1 Å². The number of aryl methyl sites for hydroxylation is 1. The molecule has 3 nitrogen and oxygen atoms in total. The van der Waals surface area contributed by atoms with Gasteiger partial charge in [-0.25, -0.2) is 0 Å². The molecule has 0 fully saturated rings. The maximum absolute atomic E-state index is 12.1. The Labute approximate surface area is 115 Å². The first-order valence-electron chi connectivity index (χ1n) is 7.02. The van der Waals surface area contributed by atoms with E-state index in [2.05, 4.69) is 12.2 Å². The number of carbonyl (C=O) groups excluding carboxylic acids is 1. The summed E-state index contributed by atoms with van der Waals surface area (Å²) in [6.07, 6.45) is 2.29. The number of rotatable bonds is 4. The van der Waals surface area contributed by atoms with Crippen molar-refractivity contribution in [3.63, 3.8) is 0 Å². The van der Waals surface area contributed by atoms with E-state index < -0.39 is 11.5 Å². The third kappa shape index (κ3) is 2.39. The Morgan fingerprint density at radius 3 is 2.68 bits per heavy atom. The molecule has 1 amide bonds. The number of carbonyl (C=O) groups is 1. The Balaban J connectivity index is 2.45. The van der Waals surface area contributed by atoms with Gasteiger partial charge in [-0.05, 0) is 32.8 Å². The second-order valence-corrected chi connectivity index (χ2v) is 6.01. The van der Waals surface area contributed by atoms with E-state index in [1.54, 1.807) is 0 Å². The van der Waals surface area contributed by atoms with Gasteiger partial charge in [0.05, 0.1) is 17.2 Å². The van der Waals surface area contributed by atoms with Crippen molar-refractivity contribution >= 4 is 11.6 Å². The number of nitrogens with one attached hydrogen (secondary N) is 1. The second kappa shape index (κ2) is 4.97. The third-order valence-electron chi connectivity index (χ3n) is 3.98. The van der Waals surface area contributed by atoms with E-state index in [9.17, 15) is 9.90 Å². The van der Waals surface area contributed by atoms with Crippen LogP contribution >= 0.6 is 0 Å². The van der Waals surface area contributed by atoms with E-state index in [1.165, 1.54) is 0 Å². The van der Waals surface area contributed by atoms with Gasteiger partial charge in [0.2, 0.25) is 5.91 Å². The predicted octanol–water partition coefficient (Wildman–Crippen LogP) is 3.45. The smallest absolute Gasteiger partial charge is 0.234 e. The average molecular weight is 261 g/mol. The molecule has 0 radical (unpaired) electrons. The summed E-state index contributed by atoms with van der Waals surface area (Å²) < 4.78 is 0. The number of unbranched alkanes of at least 4 members (excludes halogenated alkanes) is 1. The van der Waals surface area contributed by atoms with Crippen molar-refractivity contribution in [1.82, 2.24) is 0 Å². The molecule has 1 aliphatic rings. The Kier molecular flexibility index (Phi) is 3.68. The molecule has 1 atom stereocenters. The summed E-state index contributed by atoms with van der Waals surface area (Å²) in [5, 5.41) is 13.3. The number of amides is 1. The Morgan fingerprint density at radius 2 is 2.05 bits per heavy atom. The fourth-order valence-corrected chi connectivity index (χ4v) is 2.65. The number of benzene rings is 1. The highest BCUT2D eigenvalue weighted by Gasteiger charge is 2.40. The van der Waals surface area contributed by atoms with Gasteiger partial charge in [-0.1, -0.05) is 37.5 Å². The normalized spacial score (nSPS) is 18.1. The van der Waals surface area contributed by atoms with Crippen LogP contribution in [0, 0.1) is 6.92 Å². The van der Waals surface area contributed by atoms with Gasteiger partial charge in [0.25, 0.3) is 0 Å². The largest absolute Gasteiger partial charge is 0.388 e. The summed E-state index contributed by atoms with van der Waals surface area (Å²) in [4.78, 5) is 12.1. The quantitative estimate of drug-likeness (QED) is 0.872. The molecule has 1 aromatic carbocycles. The molecule has 0 saturated carbocycles. The summed E-state index contributed by atoms with van der Waals surface area (Å²) in [5.74, 6) is 0.0111. The van der Waals surface area contributed by atoms with E-state index in [0.717, 1.165) is 41.6 Å². The van der Waals surface area contributed by atoms with Gasteiger partial charge in [0.1, 0.15) is 0 Å². The van der Waals surface area contributed by atoms with Gasteiger partial charge in [0.15, 0.2) is 0 Å². The highest BCUT2D eigenvalue weighted by Crippen LogP contribution is 2.42. The standard InChI is InChI=1S/C16H23NO2/c1-5-6-7-13(18)11-8-10(2)9-12-14(11)17-15(19)16(12,3)4/h8-9,13,18H,5-7H2,1-4H3,(H,17,19). The fraction of sp³-hybridized carbons (Fsp3) is 0.562. The Morgan fingerprint density at radius 1 is 1.37 bits per heavy atom. The molecule has 0 aromatic heterocycles. The molecule has 104 valence electrons. The van der Waals surface area contributed by atoms with E-state index in [4.69, 9.17) is 0 Å². The van der Waals surface area contributed by atoms with Crippen molar-refractivity contribution < 1.29 is 9.90 Å². The number of aliphatic hydroxyl groups excluding tert-OH is 1. The first kappa shape index (κ1) is 14.1. The third-order valence-corrected chi connectivity index (χ3v) is 3.98. The van der Waals surface area contributed by atoms with Crippen LogP contribution in [0.3, 0.4) is 0 Å². The number of hydrogen-bond donors (Lipinski definition) is 2. The lowest BCUT2D eigenvalue weighted by molar-refractivity contribution is -0.119. The van der Waals surface area contributed by atoms with Crippen LogP contribution in [0.1, 0.15) is 62.8 Å². The van der Waals surface area contributed by atoms with Gasteiger partial charge in [0, 0.05) is 5.56 Å². The Hall–Kier alpha value is -1.35. The predicted molar refractivity (Wildman–Crippen MR) is 77.3 cm³/mol. The molecule has 1 heterocycles. The van der Waals surface area contributed by atoms with Gasteiger partial charge in [-0.2, -0.15) is 0 Å². The lowest BCUT2D eigenvalue weighted by atomic mass is 9.83. The summed E-state index contributed by atoms with van der Waals surface area (Å²) >= 11 is 0. The van der Waals surface area contributed by atoms with Gasteiger partial charge in [-0.15, -0.1) is 0 Å². The maximum atomic E-state index is 12.1. The van der Waals surface area contributed by atoms with Gasteiger partial charge >= 0.3 is 0 Å². The van der Waals surface area contributed by atoms with E-state index in [0.29, 0.717) is 0 Å². The molecule has 1 unspecified atom stereocenters. The first-order valence-corrected chi connectivity index (χ1v) is 7.02. The van der Waals surface area contributed by atoms with Crippen molar-refractivity contribution in [3.8, 4) is 0 Å². The highest BCUT2D eigenvalue weighted by molar-refractivity contribution is 6.06. The van der Waals surface area contributed by atoms with Crippen molar-refractivity contribution in [2.75, 3.05) is 5.32 Å². The molecule has 1 aromatic rings. The lowest BCUT2D eigenvalue weighted by Gasteiger charge is -2.18. The summed E-state index contributed by atoms with van der Waals surface area (Å²) in [6, 6.07) is 4.03. The zero-order valence-corrected chi connectivity index (χ0v) is 12.2. The van der Waals surface area contributed by atoms with Crippen LogP contribution in [-0.4, -0.2) is 11.0 Å². The zero-order valence-electron chi connectivity index (χ0n) is 12.2. The molecule has 0 bridgehead atoms. The van der Waals surface area contributed by atoms with Crippen molar-refractivity contribution in [3.05, 3.63) is 28.8 Å². The van der Waals surface area contributed by atoms with Gasteiger partial charge in [-0.3, -0.25) is 4.79 Å². The molecule has 3 heteroatoms. The molecule has 2 N–H and O–H groups in total. The van der Waals surface area contributed by atoms with Crippen molar-refractivity contribution in [2.24, 2.45) is 0 Å². The summed E-state index contributed by atoms with van der Waals surface area (Å²) in [5.41, 5.74) is 3.27. The van der Waals surface area contributed by atoms with Crippen molar-refractivity contribution in [1.29, 1.82) is 0 Å². The second-order valence-electron chi connectivity index (χ2n) is 6.01. The molecule has 0 saturated heterocycles. The Bertz CT molecular complexity index is 506. The van der Waals surface area contributed by atoms with E-state index in [1.807, 2.05) is 32.9 Å². The fourth-order valence-electron chi connectivity index (χ4n) is 2.65. The van der Waals surface area contributed by atoms with Crippen LogP contribution in [0.4, 0.5) is 5.69 Å². The minimum absolute atomic E-state index is 0.0111. The van der Waals surface area contributed by atoms with Crippen LogP contribution in [-0.2, 0) is 10.2 Å². The van der Waals surface area contributed by atoms with E-state index in [-0.39, 0.29) is 5.91 Å². The molecular weight excluding hydrogens is 238 g/mol. The van der Waals surface area contributed by atoms with Crippen LogP contribution in [0.25, 0.3) is 0 Å². The monoisotopic (exact) mass is 261 g/mol. The number of aliphatic hydroxyl groups is 1. The number of fused-ring (bicyclic) bond motifs is 1. The number of anilines is 1. The van der Waals surface area contributed by atoms with E-state index >= 15 is 0 Å². The lowest BCUT2D eigenvalue weighted by Crippen LogP contribution is -2.26. The van der Waals surface area contributed by atoms with Crippen LogP contribution in [0.2, 0.25) is 0 Å². The average Bonchev–Trinajstić information content (AvgIpc) is 2.58. The molecule has 0 aliphatic carbocycles.